The van der Waals surface area contributed by atoms with Crippen LogP contribution in [-0.2, 0) is 0 Å². The Bertz CT molecular complexity index is 623. The van der Waals surface area contributed by atoms with Gasteiger partial charge in [0.1, 0.15) is 5.69 Å². The highest BCUT2D eigenvalue weighted by molar-refractivity contribution is 5.94. The van der Waals surface area contributed by atoms with E-state index in [1.807, 2.05) is 30.3 Å². The Labute approximate surface area is 106 Å². The van der Waals surface area contributed by atoms with Gasteiger partial charge in [0.05, 0.1) is 5.52 Å². The second-order valence-electron chi connectivity index (χ2n) is 3.82. The molecule has 0 aliphatic rings. The van der Waals surface area contributed by atoms with Gasteiger partial charge in [-0.05, 0) is 19.1 Å². The number of hydrogen-bond acceptors (Lipinski definition) is 2. The molecule has 2 aromatic rings. The van der Waals surface area contributed by atoms with Crippen molar-refractivity contribution in [3.8, 4) is 11.8 Å². The summed E-state index contributed by atoms with van der Waals surface area (Å²) in [5, 5.41) is 3.83. The van der Waals surface area contributed by atoms with Crippen molar-refractivity contribution >= 4 is 16.8 Å². The summed E-state index contributed by atoms with van der Waals surface area (Å²) >= 11 is 0. The number of nitrogens with zero attached hydrogens (tertiary/aromatic N) is 1. The van der Waals surface area contributed by atoms with Crippen LogP contribution in [0.25, 0.3) is 10.9 Å². The minimum atomic E-state index is -0.154. The number of fused-ring (bicyclic) bond motifs is 1. The number of carbonyl (C=O) groups is 1. The first-order valence-corrected chi connectivity index (χ1v) is 5.85. The fourth-order valence-electron chi connectivity index (χ4n) is 1.65. The molecule has 1 heterocycles. The fourth-order valence-corrected chi connectivity index (χ4v) is 1.65. The number of rotatable bonds is 3. The van der Waals surface area contributed by atoms with Gasteiger partial charge >= 0.3 is 0 Å². The zero-order valence-corrected chi connectivity index (χ0v) is 10.2. The molecule has 1 amide bonds. The molecule has 2 rings (SSSR count). The molecule has 3 nitrogen and oxygen atoms in total. The van der Waals surface area contributed by atoms with E-state index < -0.39 is 0 Å². The third kappa shape index (κ3) is 2.86. The normalized spacial score (nSPS) is 9.61. The predicted molar refractivity (Wildman–Crippen MR) is 72.1 cm³/mol. The van der Waals surface area contributed by atoms with E-state index in [4.69, 9.17) is 0 Å². The molecule has 3 heteroatoms. The maximum absolute atomic E-state index is 11.8. The number of benzene rings is 1. The van der Waals surface area contributed by atoms with E-state index in [1.54, 1.807) is 13.0 Å². The Morgan fingerprint density at radius 1 is 1.28 bits per heavy atom. The van der Waals surface area contributed by atoms with Crippen molar-refractivity contribution in [2.75, 3.05) is 6.54 Å². The zero-order valence-electron chi connectivity index (χ0n) is 10.2. The standard InChI is InChI=1S/C15H14N2O/c1-2-3-6-11-16-15(18)14-10-9-12-7-4-5-8-13(12)17-14/h4-5,7-10H,6,11H2,1H3,(H,16,18). The molecule has 0 fully saturated rings. The molecule has 0 aliphatic heterocycles. The van der Waals surface area contributed by atoms with Crippen LogP contribution in [0.4, 0.5) is 0 Å². The topological polar surface area (TPSA) is 42.0 Å². The molecule has 1 aromatic carbocycles. The summed E-state index contributed by atoms with van der Waals surface area (Å²) in [6, 6.07) is 11.4. The largest absolute Gasteiger partial charge is 0.350 e. The van der Waals surface area contributed by atoms with Crippen LogP contribution < -0.4 is 5.32 Å². The fraction of sp³-hybridized carbons (Fsp3) is 0.200. The van der Waals surface area contributed by atoms with E-state index in [0.717, 1.165) is 10.9 Å². The van der Waals surface area contributed by atoms with Crippen LogP contribution in [0.2, 0.25) is 0 Å². The summed E-state index contributed by atoms with van der Waals surface area (Å²) in [5.41, 5.74) is 1.27. The molecule has 0 bridgehead atoms. The van der Waals surface area contributed by atoms with Crippen molar-refractivity contribution < 1.29 is 4.79 Å². The zero-order chi connectivity index (χ0) is 12.8. The summed E-state index contributed by atoms with van der Waals surface area (Å²) < 4.78 is 0. The van der Waals surface area contributed by atoms with Gasteiger partial charge in [0.25, 0.3) is 5.91 Å². The maximum Gasteiger partial charge on any atom is 0.269 e. The molecule has 0 saturated carbocycles. The van der Waals surface area contributed by atoms with Crippen LogP contribution in [0.1, 0.15) is 23.8 Å². The van der Waals surface area contributed by atoms with Gasteiger partial charge in [0.2, 0.25) is 0 Å². The number of para-hydroxylation sites is 1. The molecule has 0 atom stereocenters. The van der Waals surface area contributed by atoms with Gasteiger partial charge in [-0.3, -0.25) is 4.79 Å². The molecule has 90 valence electrons. The monoisotopic (exact) mass is 238 g/mol. The summed E-state index contributed by atoms with van der Waals surface area (Å²) in [6.45, 7) is 2.33. The van der Waals surface area contributed by atoms with Gasteiger partial charge in [0.15, 0.2) is 0 Å². The van der Waals surface area contributed by atoms with Gasteiger partial charge in [-0.2, -0.15) is 0 Å². The molecule has 0 aliphatic carbocycles. The average Bonchev–Trinajstić information content (AvgIpc) is 2.43. The predicted octanol–water partition coefficient (Wildman–Crippen LogP) is 2.38. The number of carbonyl (C=O) groups excluding carboxylic acids is 1. The quantitative estimate of drug-likeness (QED) is 0.659. The van der Waals surface area contributed by atoms with Gasteiger partial charge in [0, 0.05) is 18.4 Å². The van der Waals surface area contributed by atoms with Crippen LogP contribution in [0, 0.1) is 11.8 Å². The van der Waals surface area contributed by atoms with Crippen molar-refractivity contribution in [1.29, 1.82) is 0 Å². The lowest BCUT2D eigenvalue weighted by Crippen LogP contribution is -2.25. The number of nitrogens with one attached hydrogen (secondary N) is 1. The van der Waals surface area contributed by atoms with E-state index in [0.29, 0.717) is 18.7 Å². The SMILES string of the molecule is CC#CCCNC(=O)c1ccc2ccccc2n1. The highest BCUT2D eigenvalue weighted by Crippen LogP contribution is 2.11. The molecule has 1 aromatic heterocycles. The molecular weight excluding hydrogens is 224 g/mol. The lowest BCUT2D eigenvalue weighted by Gasteiger charge is -2.03. The molecule has 0 saturated heterocycles. The average molecular weight is 238 g/mol. The van der Waals surface area contributed by atoms with Crippen LogP contribution in [-0.4, -0.2) is 17.4 Å². The third-order valence-electron chi connectivity index (χ3n) is 2.54. The smallest absolute Gasteiger partial charge is 0.269 e. The first-order chi connectivity index (χ1) is 8.81. The maximum atomic E-state index is 11.8. The van der Waals surface area contributed by atoms with Gasteiger partial charge in [-0.1, -0.05) is 24.3 Å². The Balaban J connectivity index is 2.09. The van der Waals surface area contributed by atoms with E-state index in [1.165, 1.54) is 0 Å². The van der Waals surface area contributed by atoms with Gasteiger partial charge < -0.3 is 5.32 Å². The first kappa shape index (κ1) is 12.1. The Morgan fingerprint density at radius 3 is 2.94 bits per heavy atom. The molecule has 1 N–H and O–H groups in total. The van der Waals surface area contributed by atoms with Gasteiger partial charge in [-0.15, -0.1) is 11.8 Å². The highest BCUT2D eigenvalue weighted by Gasteiger charge is 2.06. The summed E-state index contributed by atoms with van der Waals surface area (Å²) in [4.78, 5) is 16.2. The molecular formula is C15H14N2O. The summed E-state index contributed by atoms with van der Waals surface area (Å²) in [7, 11) is 0. The number of pyridine rings is 1. The van der Waals surface area contributed by atoms with Crippen LogP contribution in [0.3, 0.4) is 0 Å². The Morgan fingerprint density at radius 2 is 2.11 bits per heavy atom. The molecule has 0 radical (unpaired) electrons. The molecule has 0 unspecified atom stereocenters. The number of amides is 1. The highest BCUT2D eigenvalue weighted by atomic mass is 16.1. The van der Waals surface area contributed by atoms with E-state index in [9.17, 15) is 4.79 Å². The minimum Gasteiger partial charge on any atom is -0.350 e. The third-order valence-corrected chi connectivity index (χ3v) is 2.54. The van der Waals surface area contributed by atoms with Crippen molar-refractivity contribution in [1.82, 2.24) is 10.3 Å². The van der Waals surface area contributed by atoms with E-state index >= 15 is 0 Å². The van der Waals surface area contributed by atoms with Crippen molar-refractivity contribution in [3.05, 3.63) is 42.1 Å². The lowest BCUT2D eigenvalue weighted by molar-refractivity contribution is 0.0950. The Hall–Kier alpha value is -2.34. The second-order valence-corrected chi connectivity index (χ2v) is 3.82. The van der Waals surface area contributed by atoms with Crippen molar-refractivity contribution in [3.63, 3.8) is 0 Å². The lowest BCUT2D eigenvalue weighted by atomic mass is 10.2. The van der Waals surface area contributed by atoms with Crippen molar-refractivity contribution in [2.24, 2.45) is 0 Å². The number of aromatic nitrogens is 1. The van der Waals surface area contributed by atoms with Crippen LogP contribution in [0.15, 0.2) is 36.4 Å². The minimum absolute atomic E-state index is 0.154. The molecule has 0 spiro atoms. The summed E-state index contributed by atoms with van der Waals surface area (Å²) in [6.07, 6.45) is 0.663. The first-order valence-electron chi connectivity index (χ1n) is 5.85. The van der Waals surface area contributed by atoms with Crippen LogP contribution >= 0.6 is 0 Å². The summed E-state index contributed by atoms with van der Waals surface area (Å²) in [5.74, 6) is 5.53. The van der Waals surface area contributed by atoms with E-state index in [2.05, 4.69) is 22.1 Å². The molecule has 18 heavy (non-hydrogen) atoms. The number of hydrogen-bond donors (Lipinski definition) is 1. The van der Waals surface area contributed by atoms with Crippen molar-refractivity contribution in [2.45, 2.75) is 13.3 Å². The second kappa shape index (κ2) is 5.83. The van der Waals surface area contributed by atoms with E-state index in [-0.39, 0.29) is 5.91 Å². The Kier molecular flexibility index (Phi) is 3.93. The van der Waals surface area contributed by atoms with Crippen LogP contribution in [0.5, 0.6) is 0 Å². The van der Waals surface area contributed by atoms with Gasteiger partial charge in [-0.25, -0.2) is 4.98 Å².